The molecule has 0 fully saturated rings. The third kappa shape index (κ3) is 4.43. The number of sulfonamides is 1. The van der Waals surface area contributed by atoms with Crippen molar-refractivity contribution in [3.8, 4) is 0 Å². The summed E-state index contributed by atoms with van der Waals surface area (Å²) in [5.41, 5.74) is 2.06. The van der Waals surface area contributed by atoms with Gasteiger partial charge in [0.05, 0.1) is 4.90 Å². The molecule has 2 N–H and O–H groups in total. The van der Waals surface area contributed by atoms with Crippen molar-refractivity contribution in [2.75, 3.05) is 4.72 Å². The minimum absolute atomic E-state index is 0.0449. The zero-order valence-corrected chi connectivity index (χ0v) is 13.4. The number of nitrogens with one attached hydrogen (secondary N) is 1. The zero-order valence-electron chi connectivity index (χ0n) is 12.6. The lowest BCUT2D eigenvalue weighted by Gasteiger charge is -2.10. The van der Waals surface area contributed by atoms with Crippen LogP contribution in [0.5, 0.6) is 0 Å². The number of benzene rings is 2. The Balaban J connectivity index is 2.21. The lowest BCUT2D eigenvalue weighted by molar-refractivity contribution is -0.132. The minimum atomic E-state index is -3.68. The van der Waals surface area contributed by atoms with Gasteiger partial charge < -0.3 is 5.11 Å². The van der Waals surface area contributed by atoms with Gasteiger partial charge in [0, 0.05) is 17.7 Å². The molecule has 2 aromatic rings. The van der Waals surface area contributed by atoms with E-state index in [0.29, 0.717) is 11.3 Å². The summed E-state index contributed by atoms with van der Waals surface area (Å²) in [6.45, 7) is 5.35. The van der Waals surface area contributed by atoms with Crippen molar-refractivity contribution >= 4 is 21.7 Å². The van der Waals surface area contributed by atoms with Crippen molar-refractivity contribution in [3.05, 3.63) is 71.8 Å². The maximum Gasteiger partial charge on any atom is 0.331 e. The predicted octanol–water partition coefficient (Wildman–Crippen LogP) is 2.98. The maximum absolute atomic E-state index is 12.3. The van der Waals surface area contributed by atoms with E-state index in [4.69, 9.17) is 5.11 Å². The fraction of sp³-hybridized carbons (Fsp3) is 0.118. The van der Waals surface area contributed by atoms with Crippen LogP contribution in [0.15, 0.2) is 65.6 Å². The van der Waals surface area contributed by atoms with Crippen molar-refractivity contribution < 1.29 is 18.3 Å². The molecule has 0 heterocycles. The van der Waals surface area contributed by atoms with Crippen LogP contribution in [0.1, 0.15) is 11.1 Å². The van der Waals surface area contributed by atoms with E-state index >= 15 is 0 Å². The summed E-state index contributed by atoms with van der Waals surface area (Å²) < 4.78 is 27.2. The van der Waals surface area contributed by atoms with Crippen LogP contribution in [0.2, 0.25) is 0 Å². The first-order chi connectivity index (χ1) is 10.8. The molecule has 0 aliphatic heterocycles. The second kappa shape index (κ2) is 6.66. The smallest absolute Gasteiger partial charge is 0.331 e. The summed E-state index contributed by atoms with van der Waals surface area (Å²) in [5.74, 6) is -1.07. The molecule has 0 saturated heterocycles. The third-order valence-electron chi connectivity index (χ3n) is 3.23. The quantitative estimate of drug-likeness (QED) is 0.797. The Labute approximate surface area is 135 Å². The molecule has 0 radical (unpaired) electrons. The number of carboxylic acid groups (broad SMARTS) is 1. The molecular weight excluding hydrogens is 314 g/mol. The zero-order chi connectivity index (χ0) is 17.0. The number of anilines is 1. The van der Waals surface area contributed by atoms with Gasteiger partial charge in [-0.2, -0.15) is 0 Å². The van der Waals surface area contributed by atoms with Crippen LogP contribution >= 0.6 is 0 Å². The van der Waals surface area contributed by atoms with Crippen LogP contribution < -0.4 is 4.72 Å². The van der Waals surface area contributed by atoms with Crippen LogP contribution in [0.3, 0.4) is 0 Å². The minimum Gasteiger partial charge on any atom is -0.478 e. The lowest BCUT2D eigenvalue weighted by Crippen LogP contribution is -2.13. The molecule has 0 amide bonds. The molecule has 120 valence electrons. The van der Waals surface area contributed by atoms with Crippen LogP contribution in [0.4, 0.5) is 5.69 Å². The highest BCUT2D eigenvalue weighted by molar-refractivity contribution is 7.92. The van der Waals surface area contributed by atoms with Crippen molar-refractivity contribution in [3.63, 3.8) is 0 Å². The number of hydrogen-bond donors (Lipinski definition) is 2. The lowest BCUT2D eigenvalue weighted by atomic mass is 10.1. The number of aliphatic carboxylic acids is 1. The van der Waals surface area contributed by atoms with Gasteiger partial charge >= 0.3 is 5.97 Å². The molecule has 2 rings (SSSR count). The van der Waals surface area contributed by atoms with Crippen LogP contribution in [-0.4, -0.2) is 19.5 Å². The van der Waals surface area contributed by atoms with Crippen molar-refractivity contribution in [1.29, 1.82) is 0 Å². The van der Waals surface area contributed by atoms with E-state index in [9.17, 15) is 13.2 Å². The molecule has 6 heteroatoms. The van der Waals surface area contributed by atoms with Gasteiger partial charge in [-0.25, -0.2) is 13.2 Å². The number of carboxylic acids is 1. The van der Waals surface area contributed by atoms with E-state index in [1.165, 1.54) is 12.1 Å². The summed E-state index contributed by atoms with van der Waals surface area (Å²) in [4.78, 5) is 11.0. The summed E-state index contributed by atoms with van der Waals surface area (Å²) >= 11 is 0. The molecule has 23 heavy (non-hydrogen) atoms. The summed E-state index contributed by atoms with van der Waals surface area (Å²) in [6.07, 6.45) is 0.148. The molecule has 2 aromatic carbocycles. The summed E-state index contributed by atoms with van der Waals surface area (Å²) in [5, 5.41) is 8.86. The van der Waals surface area contributed by atoms with Gasteiger partial charge in [-0.3, -0.25) is 4.72 Å². The highest BCUT2D eigenvalue weighted by atomic mass is 32.2. The van der Waals surface area contributed by atoms with Crippen molar-refractivity contribution in [2.45, 2.75) is 18.2 Å². The van der Waals surface area contributed by atoms with Crippen molar-refractivity contribution in [2.24, 2.45) is 0 Å². The van der Waals surface area contributed by atoms with E-state index in [0.717, 1.165) is 5.56 Å². The van der Waals surface area contributed by atoms with Crippen LogP contribution in [-0.2, 0) is 21.2 Å². The highest BCUT2D eigenvalue weighted by Crippen LogP contribution is 2.19. The molecule has 0 saturated carbocycles. The molecule has 0 bridgehead atoms. The van der Waals surface area contributed by atoms with Gasteiger partial charge in [0.1, 0.15) is 0 Å². The third-order valence-corrected chi connectivity index (χ3v) is 4.63. The number of aryl methyl sites for hydroxylation is 1. The largest absolute Gasteiger partial charge is 0.478 e. The standard InChI is InChI=1S/C17H17NO4S/c1-12-6-8-16(9-7-12)23(21,22)18-15-5-3-4-14(11-15)10-13(2)17(19)20/h3-9,11,18H,2,10H2,1H3,(H,19,20). The van der Waals surface area contributed by atoms with E-state index in [2.05, 4.69) is 11.3 Å². The van der Waals surface area contributed by atoms with E-state index in [-0.39, 0.29) is 16.9 Å². The number of hydrogen-bond acceptors (Lipinski definition) is 3. The Morgan fingerprint density at radius 1 is 1.17 bits per heavy atom. The Bertz CT molecular complexity index is 839. The number of carbonyl (C=O) groups is 1. The van der Waals surface area contributed by atoms with E-state index in [1.807, 2.05) is 6.92 Å². The normalized spacial score (nSPS) is 11.0. The van der Waals surface area contributed by atoms with Crippen LogP contribution in [0, 0.1) is 6.92 Å². The fourth-order valence-corrected chi connectivity index (χ4v) is 3.05. The Hall–Kier alpha value is -2.60. The SMILES string of the molecule is C=C(Cc1cccc(NS(=O)(=O)c2ccc(C)cc2)c1)C(=O)O. The summed E-state index contributed by atoms with van der Waals surface area (Å²) in [6, 6.07) is 13.1. The van der Waals surface area contributed by atoms with Gasteiger partial charge in [-0.05, 0) is 36.8 Å². The molecule has 0 aliphatic carbocycles. The first-order valence-corrected chi connectivity index (χ1v) is 8.36. The predicted molar refractivity (Wildman–Crippen MR) is 88.9 cm³/mol. The van der Waals surface area contributed by atoms with Gasteiger partial charge in [0.25, 0.3) is 10.0 Å². The fourth-order valence-electron chi connectivity index (χ4n) is 2.00. The molecule has 0 aliphatic rings. The average molecular weight is 331 g/mol. The first kappa shape index (κ1) is 16.8. The second-order valence-corrected chi connectivity index (χ2v) is 6.89. The van der Waals surface area contributed by atoms with E-state index in [1.54, 1.807) is 36.4 Å². The Morgan fingerprint density at radius 3 is 2.43 bits per heavy atom. The van der Waals surface area contributed by atoms with Crippen molar-refractivity contribution in [1.82, 2.24) is 0 Å². The Morgan fingerprint density at radius 2 is 1.83 bits per heavy atom. The van der Waals surface area contributed by atoms with Gasteiger partial charge in [-0.1, -0.05) is 36.4 Å². The van der Waals surface area contributed by atoms with Crippen LogP contribution in [0.25, 0.3) is 0 Å². The molecule has 0 atom stereocenters. The topological polar surface area (TPSA) is 83.5 Å². The average Bonchev–Trinajstić information content (AvgIpc) is 2.47. The van der Waals surface area contributed by atoms with Gasteiger partial charge in [0.15, 0.2) is 0 Å². The highest BCUT2D eigenvalue weighted by Gasteiger charge is 2.14. The number of rotatable bonds is 6. The monoisotopic (exact) mass is 331 g/mol. The first-order valence-electron chi connectivity index (χ1n) is 6.87. The molecule has 0 spiro atoms. The van der Waals surface area contributed by atoms with Gasteiger partial charge in [0.2, 0.25) is 0 Å². The molecular formula is C17H17NO4S. The molecule has 0 unspecified atom stereocenters. The Kier molecular flexibility index (Phi) is 4.86. The second-order valence-electron chi connectivity index (χ2n) is 5.20. The maximum atomic E-state index is 12.3. The van der Waals surface area contributed by atoms with E-state index < -0.39 is 16.0 Å². The summed E-state index contributed by atoms with van der Waals surface area (Å²) in [7, 11) is -3.68. The van der Waals surface area contributed by atoms with Gasteiger partial charge in [-0.15, -0.1) is 0 Å². The molecule has 0 aromatic heterocycles. The molecule has 5 nitrogen and oxygen atoms in total.